The van der Waals surface area contributed by atoms with E-state index in [2.05, 4.69) is 17.1 Å². The zero-order valence-corrected chi connectivity index (χ0v) is 23.5. The van der Waals surface area contributed by atoms with Gasteiger partial charge in [0.1, 0.15) is 5.00 Å². The predicted molar refractivity (Wildman–Crippen MR) is 149 cm³/mol. The summed E-state index contributed by atoms with van der Waals surface area (Å²) in [5.74, 6) is -0.855. The Morgan fingerprint density at radius 3 is 2.39 bits per heavy atom. The van der Waals surface area contributed by atoms with Gasteiger partial charge < -0.3 is 10.1 Å². The van der Waals surface area contributed by atoms with E-state index in [4.69, 9.17) is 4.74 Å². The van der Waals surface area contributed by atoms with Crippen LogP contribution >= 0.6 is 11.3 Å². The first-order valence-electron chi connectivity index (χ1n) is 12.8. The molecule has 0 atom stereocenters. The molecule has 0 saturated heterocycles. The molecule has 0 bridgehead atoms. The van der Waals surface area contributed by atoms with Crippen molar-refractivity contribution in [2.75, 3.05) is 31.6 Å². The summed E-state index contributed by atoms with van der Waals surface area (Å²) in [6.07, 6.45) is 0.715. The Labute approximate surface area is 228 Å². The monoisotopic (exact) mass is 555 g/mol. The molecular formula is C28H33N3O5S2. The van der Waals surface area contributed by atoms with Crippen LogP contribution < -0.4 is 5.32 Å². The van der Waals surface area contributed by atoms with E-state index in [1.54, 1.807) is 13.8 Å². The number of rotatable bonds is 10. The number of likely N-dealkylation sites (N-methyl/N-ethyl adjacent to an activating group) is 1. The predicted octanol–water partition coefficient (Wildman–Crippen LogP) is 4.77. The van der Waals surface area contributed by atoms with Gasteiger partial charge in [0.05, 0.1) is 17.1 Å². The van der Waals surface area contributed by atoms with E-state index in [1.165, 1.54) is 39.9 Å². The molecule has 2 aromatic carbocycles. The molecule has 10 heteroatoms. The quantitative estimate of drug-likeness (QED) is 0.362. The second-order valence-corrected chi connectivity index (χ2v) is 12.0. The van der Waals surface area contributed by atoms with Gasteiger partial charge in [0, 0.05) is 36.6 Å². The number of esters is 1. The number of anilines is 1. The summed E-state index contributed by atoms with van der Waals surface area (Å²) in [5.41, 5.74) is 2.56. The molecule has 0 unspecified atom stereocenters. The number of benzene rings is 2. The van der Waals surface area contributed by atoms with Crippen molar-refractivity contribution in [1.82, 2.24) is 9.21 Å². The van der Waals surface area contributed by atoms with Crippen molar-refractivity contribution in [2.45, 2.75) is 45.2 Å². The fourth-order valence-electron chi connectivity index (χ4n) is 4.49. The molecule has 3 aromatic rings. The van der Waals surface area contributed by atoms with Crippen molar-refractivity contribution in [3.63, 3.8) is 0 Å². The van der Waals surface area contributed by atoms with Crippen LogP contribution in [0.3, 0.4) is 0 Å². The fourth-order valence-corrected chi connectivity index (χ4v) is 7.20. The van der Waals surface area contributed by atoms with E-state index in [0.29, 0.717) is 29.1 Å². The number of thiophene rings is 1. The minimum atomic E-state index is -3.75. The van der Waals surface area contributed by atoms with Crippen molar-refractivity contribution in [2.24, 2.45) is 0 Å². The molecule has 1 aliphatic heterocycles. The number of carbonyl (C=O) groups is 2. The van der Waals surface area contributed by atoms with Gasteiger partial charge in [-0.3, -0.25) is 9.69 Å². The summed E-state index contributed by atoms with van der Waals surface area (Å²) in [5, 5.41) is 3.35. The summed E-state index contributed by atoms with van der Waals surface area (Å²) < 4.78 is 33.2. The molecule has 2 heterocycles. The van der Waals surface area contributed by atoms with E-state index in [1.807, 2.05) is 30.3 Å². The molecule has 0 aliphatic carbocycles. The first-order chi connectivity index (χ1) is 18.3. The first-order valence-corrected chi connectivity index (χ1v) is 15.0. The van der Waals surface area contributed by atoms with Crippen LogP contribution in [0.25, 0.3) is 0 Å². The van der Waals surface area contributed by atoms with Gasteiger partial charge in [-0.05, 0) is 55.3 Å². The van der Waals surface area contributed by atoms with Crippen LogP contribution in [0.2, 0.25) is 0 Å². The largest absolute Gasteiger partial charge is 0.462 e. The standard InChI is InChI=1S/C28H33N3O5S2/c1-4-30-17-16-23-24(19-30)37-27(25(23)28(33)36-6-3)29-26(32)21-12-14-22(15-13-21)38(34,35)31(5-2)18-20-10-8-7-9-11-20/h7-15H,4-6,16-19H2,1-3H3,(H,29,32). The highest BCUT2D eigenvalue weighted by Crippen LogP contribution is 2.38. The third-order valence-corrected chi connectivity index (χ3v) is 9.67. The molecule has 0 saturated carbocycles. The molecule has 1 aliphatic rings. The minimum Gasteiger partial charge on any atom is -0.462 e. The van der Waals surface area contributed by atoms with Crippen LogP contribution in [-0.4, -0.2) is 55.7 Å². The van der Waals surface area contributed by atoms with E-state index < -0.39 is 21.9 Å². The number of amides is 1. The number of carbonyl (C=O) groups excluding carboxylic acids is 2. The zero-order valence-electron chi connectivity index (χ0n) is 21.9. The van der Waals surface area contributed by atoms with E-state index in [0.717, 1.165) is 35.6 Å². The molecular weight excluding hydrogens is 522 g/mol. The number of fused-ring (bicyclic) bond motifs is 1. The SMILES string of the molecule is CCOC(=O)c1c(NC(=O)c2ccc(S(=O)(=O)N(CC)Cc3ccccc3)cc2)sc2c1CCN(CC)C2. The van der Waals surface area contributed by atoms with Gasteiger partial charge in [0.2, 0.25) is 10.0 Å². The fraction of sp³-hybridized carbons (Fsp3) is 0.357. The highest BCUT2D eigenvalue weighted by atomic mass is 32.2. The van der Waals surface area contributed by atoms with E-state index >= 15 is 0 Å². The molecule has 1 amide bonds. The van der Waals surface area contributed by atoms with Crippen molar-refractivity contribution in [1.29, 1.82) is 0 Å². The lowest BCUT2D eigenvalue weighted by molar-refractivity contribution is 0.0526. The van der Waals surface area contributed by atoms with Crippen molar-refractivity contribution in [3.8, 4) is 0 Å². The summed E-state index contributed by atoms with van der Waals surface area (Å²) in [6, 6.07) is 15.3. The lowest BCUT2D eigenvalue weighted by Crippen LogP contribution is -2.30. The van der Waals surface area contributed by atoms with Gasteiger partial charge in [0.15, 0.2) is 0 Å². The number of nitrogens with zero attached hydrogens (tertiary/aromatic N) is 2. The lowest BCUT2D eigenvalue weighted by Gasteiger charge is -2.25. The van der Waals surface area contributed by atoms with Crippen LogP contribution in [0.15, 0.2) is 59.5 Å². The Hall–Kier alpha value is -3.05. The number of hydrogen-bond donors (Lipinski definition) is 1. The lowest BCUT2D eigenvalue weighted by atomic mass is 10.0. The first kappa shape index (κ1) is 28.0. The Morgan fingerprint density at radius 1 is 1.05 bits per heavy atom. The third-order valence-electron chi connectivity index (χ3n) is 6.60. The molecule has 202 valence electrons. The molecule has 38 heavy (non-hydrogen) atoms. The van der Waals surface area contributed by atoms with Crippen LogP contribution in [0.1, 0.15) is 57.5 Å². The molecule has 0 radical (unpaired) electrons. The van der Waals surface area contributed by atoms with Crippen molar-refractivity contribution < 1.29 is 22.7 Å². The normalized spacial score (nSPS) is 13.8. The molecule has 8 nitrogen and oxygen atoms in total. The molecule has 1 N–H and O–H groups in total. The topological polar surface area (TPSA) is 96.0 Å². The Bertz CT molecular complexity index is 1390. The number of hydrogen-bond acceptors (Lipinski definition) is 7. The van der Waals surface area contributed by atoms with Crippen LogP contribution in [0, 0.1) is 0 Å². The molecule has 0 spiro atoms. The van der Waals surface area contributed by atoms with Crippen LogP contribution in [0.4, 0.5) is 5.00 Å². The highest BCUT2D eigenvalue weighted by molar-refractivity contribution is 7.89. The summed E-state index contributed by atoms with van der Waals surface area (Å²) >= 11 is 1.40. The maximum Gasteiger partial charge on any atom is 0.341 e. The van der Waals surface area contributed by atoms with Crippen molar-refractivity contribution in [3.05, 3.63) is 81.7 Å². The summed E-state index contributed by atoms with van der Waals surface area (Å²) in [6.45, 7) is 8.94. The molecule has 4 rings (SSSR count). The highest BCUT2D eigenvalue weighted by Gasteiger charge is 2.29. The molecule has 0 fully saturated rings. The number of sulfonamides is 1. The van der Waals surface area contributed by atoms with Gasteiger partial charge in [-0.2, -0.15) is 4.31 Å². The average molecular weight is 556 g/mol. The Balaban J connectivity index is 1.54. The second kappa shape index (κ2) is 12.2. The average Bonchev–Trinajstić information content (AvgIpc) is 3.29. The van der Waals surface area contributed by atoms with Crippen LogP contribution in [0.5, 0.6) is 0 Å². The van der Waals surface area contributed by atoms with Crippen LogP contribution in [-0.2, 0) is 34.3 Å². The van der Waals surface area contributed by atoms with Gasteiger partial charge in [-0.15, -0.1) is 11.3 Å². The summed E-state index contributed by atoms with van der Waals surface area (Å²) in [7, 11) is -3.75. The Kier molecular flexibility index (Phi) is 8.99. The maximum atomic E-state index is 13.3. The van der Waals surface area contributed by atoms with Crippen molar-refractivity contribution >= 4 is 38.2 Å². The number of nitrogens with one attached hydrogen (secondary N) is 1. The maximum absolute atomic E-state index is 13.3. The smallest absolute Gasteiger partial charge is 0.341 e. The summed E-state index contributed by atoms with van der Waals surface area (Å²) in [4.78, 5) is 29.4. The van der Waals surface area contributed by atoms with Gasteiger partial charge >= 0.3 is 5.97 Å². The zero-order chi connectivity index (χ0) is 27.3. The third kappa shape index (κ3) is 5.99. The van der Waals surface area contributed by atoms with Gasteiger partial charge in [-0.1, -0.05) is 44.2 Å². The Morgan fingerprint density at radius 2 is 1.76 bits per heavy atom. The molecule has 1 aromatic heterocycles. The van der Waals surface area contributed by atoms with Gasteiger partial charge in [0.25, 0.3) is 5.91 Å². The minimum absolute atomic E-state index is 0.116. The number of ether oxygens (including phenoxy) is 1. The second-order valence-electron chi connectivity index (χ2n) is 8.94. The van der Waals surface area contributed by atoms with Gasteiger partial charge in [-0.25, -0.2) is 13.2 Å². The van der Waals surface area contributed by atoms with E-state index in [-0.39, 0.29) is 18.0 Å². The van der Waals surface area contributed by atoms with E-state index in [9.17, 15) is 18.0 Å².